The van der Waals surface area contributed by atoms with Crippen molar-refractivity contribution >= 4 is 70.1 Å². The van der Waals surface area contributed by atoms with Crippen molar-refractivity contribution in [1.29, 1.82) is 0 Å². The standard InChI is InChI=1S/C44H29NS/c1-3-15-30(16-4-1)33-22-11-12-25-39(33)45(40-26-13-20-31-19-7-8-21-34(31)40)41-27-14-28-42-43(41)38-29-37(32-17-5-2-6-18-32)35-23-9-10-24-36(35)44(38)46-42/h1-29H. The molecule has 1 nitrogen and oxygen atoms in total. The Kier molecular flexibility index (Phi) is 6.40. The van der Waals surface area contributed by atoms with Crippen molar-refractivity contribution in [2.75, 3.05) is 4.90 Å². The minimum atomic E-state index is 1.15. The van der Waals surface area contributed by atoms with E-state index in [9.17, 15) is 0 Å². The van der Waals surface area contributed by atoms with E-state index in [0.29, 0.717) is 0 Å². The quantitative estimate of drug-likeness (QED) is 0.189. The molecule has 9 aromatic rings. The lowest BCUT2D eigenvalue weighted by Crippen LogP contribution is -2.12. The van der Waals surface area contributed by atoms with E-state index in [1.54, 1.807) is 0 Å². The molecule has 1 heterocycles. The molecule has 9 rings (SSSR count). The normalized spacial score (nSPS) is 11.5. The predicted molar refractivity (Wildman–Crippen MR) is 200 cm³/mol. The van der Waals surface area contributed by atoms with Gasteiger partial charge >= 0.3 is 0 Å². The summed E-state index contributed by atoms with van der Waals surface area (Å²) in [5, 5.41) is 7.60. The summed E-state index contributed by atoms with van der Waals surface area (Å²) >= 11 is 1.89. The number of anilines is 3. The average molecular weight is 604 g/mol. The molecule has 0 spiro atoms. The lowest BCUT2D eigenvalue weighted by Gasteiger charge is -2.30. The van der Waals surface area contributed by atoms with Crippen molar-refractivity contribution in [3.8, 4) is 22.3 Å². The van der Waals surface area contributed by atoms with Crippen molar-refractivity contribution in [3.05, 3.63) is 176 Å². The molecule has 0 atom stereocenters. The molecular weight excluding hydrogens is 575 g/mol. The Morgan fingerprint density at radius 1 is 0.370 bits per heavy atom. The number of hydrogen-bond donors (Lipinski definition) is 0. The SMILES string of the molecule is c1ccc(-c2ccccc2N(c2cccc3ccccc23)c2cccc3sc4c5ccccc5c(-c5ccccc5)cc4c23)cc1. The van der Waals surface area contributed by atoms with E-state index < -0.39 is 0 Å². The molecule has 0 aliphatic rings. The van der Waals surface area contributed by atoms with E-state index in [4.69, 9.17) is 0 Å². The minimum Gasteiger partial charge on any atom is -0.309 e. The number of benzene rings is 8. The Balaban J connectivity index is 1.42. The Morgan fingerprint density at radius 2 is 0.935 bits per heavy atom. The minimum absolute atomic E-state index is 1.15. The van der Waals surface area contributed by atoms with Gasteiger partial charge in [-0.3, -0.25) is 0 Å². The summed E-state index contributed by atoms with van der Waals surface area (Å²) in [6, 6.07) is 63.8. The number of hydrogen-bond acceptors (Lipinski definition) is 2. The van der Waals surface area contributed by atoms with Crippen LogP contribution >= 0.6 is 11.3 Å². The van der Waals surface area contributed by atoms with Gasteiger partial charge in [0, 0.05) is 36.5 Å². The Hall–Kier alpha value is -5.70. The van der Waals surface area contributed by atoms with Crippen molar-refractivity contribution in [2.45, 2.75) is 0 Å². The summed E-state index contributed by atoms with van der Waals surface area (Å²) in [6.07, 6.45) is 0. The van der Waals surface area contributed by atoms with Crippen LogP contribution in [0.3, 0.4) is 0 Å². The monoisotopic (exact) mass is 603 g/mol. The fraction of sp³-hybridized carbons (Fsp3) is 0. The number of rotatable bonds is 5. The molecule has 0 amide bonds. The molecule has 8 aromatic carbocycles. The molecule has 0 saturated carbocycles. The summed E-state index contributed by atoms with van der Waals surface area (Å²) < 4.78 is 2.61. The fourth-order valence-corrected chi connectivity index (χ4v) is 8.24. The first-order chi connectivity index (χ1) is 22.8. The van der Waals surface area contributed by atoms with Gasteiger partial charge in [0.25, 0.3) is 0 Å². The highest BCUT2D eigenvalue weighted by atomic mass is 32.1. The zero-order valence-corrected chi connectivity index (χ0v) is 25.9. The molecular formula is C44H29NS. The Bertz CT molecular complexity index is 2520. The third-order valence-corrected chi connectivity index (χ3v) is 10.2. The van der Waals surface area contributed by atoms with Gasteiger partial charge in [0.05, 0.1) is 17.1 Å². The van der Waals surface area contributed by atoms with Gasteiger partial charge in [0.2, 0.25) is 0 Å². The molecule has 0 radical (unpaired) electrons. The lowest BCUT2D eigenvalue weighted by atomic mass is 9.95. The summed E-state index contributed by atoms with van der Waals surface area (Å²) in [6.45, 7) is 0. The van der Waals surface area contributed by atoms with Crippen LogP contribution in [-0.2, 0) is 0 Å². The fourth-order valence-electron chi connectivity index (χ4n) is 7.00. The second kappa shape index (κ2) is 11.0. The number of thiophene rings is 1. The van der Waals surface area contributed by atoms with Gasteiger partial charge in [0.15, 0.2) is 0 Å². The molecule has 0 N–H and O–H groups in total. The van der Waals surface area contributed by atoms with Crippen LogP contribution < -0.4 is 4.90 Å². The largest absolute Gasteiger partial charge is 0.309 e. The highest BCUT2D eigenvalue weighted by Crippen LogP contribution is 2.50. The molecule has 0 unspecified atom stereocenters. The van der Waals surface area contributed by atoms with E-state index in [1.807, 2.05) is 11.3 Å². The second-order valence-electron chi connectivity index (χ2n) is 11.7. The third-order valence-electron chi connectivity index (χ3n) is 9.04. The number of nitrogens with zero attached hydrogens (tertiary/aromatic N) is 1. The van der Waals surface area contributed by atoms with Gasteiger partial charge in [-0.15, -0.1) is 11.3 Å². The summed E-state index contributed by atoms with van der Waals surface area (Å²) in [4.78, 5) is 2.50. The van der Waals surface area contributed by atoms with Crippen molar-refractivity contribution in [1.82, 2.24) is 0 Å². The van der Waals surface area contributed by atoms with Gasteiger partial charge in [-0.2, -0.15) is 0 Å². The summed E-state index contributed by atoms with van der Waals surface area (Å²) in [5.41, 5.74) is 8.39. The van der Waals surface area contributed by atoms with Crippen LogP contribution in [0, 0.1) is 0 Å². The molecule has 0 aliphatic carbocycles. The molecule has 216 valence electrons. The van der Waals surface area contributed by atoms with E-state index in [-0.39, 0.29) is 0 Å². The van der Waals surface area contributed by atoms with Crippen LogP contribution in [0.25, 0.3) is 64.0 Å². The molecule has 0 aliphatic heterocycles. The summed E-state index contributed by atoms with van der Waals surface area (Å²) in [7, 11) is 0. The van der Waals surface area contributed by atoms with Crippen LogP contribution in [-0.4, -0.2) is 0 Å². The van der Waals surface area contributed by atoms with Crippen molar-refractivity contribution in [3.63, 3.8) is 0 Å². The first-order valence-electron chi connectivity index (χ1n) is 15.7. The van der Waals surface area contributed by atoms with Crippen molar-refractivity contribution in [2.24, 2.45) is 0 Å². The lowest BCUT2D eigenvalue weighted by molar-refractivity contribution is 1.31. The second-order valence-corrected chi connectivity index (χ2v) is 12.7. The van der Waals surface area contributed by atoms with Crippen LogP contribution in [0.1, 0.15) is 0 Å². The van der Waals surface area contributed by atoms with E-state index in [2.05, 4.69) is 181 Å². The van der Waals surface area contributed by atoms with Crippen LogP contribution in [0.5, 0.6) is 0 Å². The van der Waals surface area contributed by atoms with Gasteiger partial charge in [-0.25, -0.2) is 0 Å². The molecule has 0 saturated heterocycles. The van der Waals surface area contributed by atoms with Gasteiger partial charge in [0.1, 0.15) is 0 Å². The maximum Gasteiger partial charge on any atom is 0.0555 e. The molecule has 2 heteroatoms. The highest BCUT2D eigenvalue weighted by Gasteiger charge is 2.23. The van der Waals surface area contributed by atoms with Crippen molar-refractivity contribution < 1.29 is 0 Å². The number of fused-ring (bicyclic) bond motifs is 6. The first kappa shape index (κ1) is 26.7. The zero-order valence-electron chi connectivity index (χ0n) is 25.1. The maximum atomic E-state index is 2.50. The van der Waals surface area contributed by atoms with E-state index in [0.717, 1.165) is 11.4 Å². The predicted octanol–water partition coefficient (Wildman–Crippen LogP) is 13.2. The van der Waals surface area contributed by atoms with Crippen LogP contribution in [0.15, 0.2) is 176 Å². The van der Waals surface area contributed by atoms with E-state index >= 15 is 0 Å². The molecule has 1 aromatic heterocycles. The maximum absolute atomic E-state index is 2.50. The first-order valence-corrected chi connectivity index (χ1v) is 16.5. The van der Waals surface area contributed by atoms with E-state index in [1.165, 1.54) is 69.7 Å². The zero-order chi connectivity index (χ0) is 30.5. The van der Waals surface area contributed by atoms with Crippen LogP contribution in [0.2, 0.25) is 0 Å². The topological polar surface area (TPSA) is 3.24 Å². The highest BCUT2D eigenvalue weighted by molar-refractivity contribution is 7.26. The molecule has 0 bridgehead atoms. The average Bonchev–Trinajstić information content (AvgIpc) is 3.52. The molecule has 0 fully saturated rings. The Labute approximate surface area is 272 Å². The smallest absolute Gasteiger partial charge is 0.0555 e. The third kappa shape index (κ3) is 4.30. The molecule has 46 heavy (non-hydrogen) atoms. The van der Waals surface area contributed by atoms with Crippen LogP contribution in [0.4, 0.5) is 17.1 Å². The summed E-state index contributed by atoms with van der Waals surface area (Å²) in [5.74, 6) is 0. The van der Waals surface area contributed by atoms with Gasteiger partial charge in [-0.1, -0.05) is 146 Å². The van der Waals surface area contributed by atoms with Gasteiger partial charge < -0.3 is 4.90 Å². The van der Waals surface area contributed by atoms with Gasteiger partial charge in [-0.05, 0) is 57.8 Å². The Morgan fingerprint density at radius 3 is 1.74 bits per heavy atom. The number of para-hydroxylation sites is 1.